The molecule has 0 amide bonds. The first-order chi connectivity index (χ1) is 12.4. The maximum absolute atomic E-state index is 4.59. The zero-order valence-corrected chi connectivity index (χ0v) is 13.5. The van der Waals surface area contributed by atoms with E-state index in [1.54, 1.807) is 0 Å². The SMILES string of the molecule is c1ccc(-c2c3ccccc3n3c(-c4ccccn4)cccc23)nc1. The molecule has 0 bridgehead atoms. The minimum absolute atomic E-state index is 0.960. The van der Waals surface area contributed by atoms with Gasteiger partial charge in [0.2, 0.25) is 0 Å². The summed E-state index contributed by atoms with van der Waals surface area (Å²) in [6, 6.07) is 26.9. The standard InChI is InChI=1S/C22H15N3/c1-2-11-19-16(8-1)22(18-10-4-6-15-24-18)21-13-7-12-20(25(19)21)17-9-3-5-14-23-17/h1-15H. The summed E-state index contributed by atoms with van der Waals surface area (Å²) in [6.07, 6.45) is 3.68. The van der Waals surface area contributed by atoms with Crippen LogP contribution < -0.4 is 0 Å². The fourth-order valence-electron chi connectivity index (χ4n) is 3.48. The van der Waals surface area contributed by atoms with Crippen molar-refractivity contribution in [3.8, 4) is 22.6 Å². The number of rotatable bonds is 2. The van der Waals surface area contributed by atoms with Gasteiger partial charge in [0.05, 0.1) is 28.1 Å². The van der Waals surface area contributed by atoms with Crippen LogP contribution >= 0.6 is 0 Å². The average molecular weight is 321 g/mol. The van der Waals surface area contributed by atoms with Crippen LogP contribution in [0.3, 0.4) is 0 Å². The summed E-state index contributed by atoms with van der Waals surface area (Å²) in [5.74, 6) is 0. The Labute approximate surface area is 145 Å². The summed E-state index contributed by atoms with van der Waals surface area (Å²) in [5.41, 5.74) is 6.49. The molecule has 4 aromatic heterocycles. The minimum Gasteiger partial charge on any atom is -0.307 e. The molecule has 3 heteroatoms. The predicted molar refractivity (Wildman–Crippen MR) is 101 cm³/mol. The molecule has 0 aliphatic carbocycles. The van der Waals surface area contributed by atoms with Gasteiger partial charge in [0.25, 0.3) is 0 Å². The lowest BCUT2D eigenvalue weighted by atomic mass is 10.1. The van der Waals surface area contributed by atoms with Crippen LogP contribution in [0.25, 0.3) is 39.1 Å². The lowest BCUT2D eigenvalue weighted by Crippen LogP contribution is -1.93. The van der Waals surface area contributed by atoms with E-state index in [-0.39, 0.29) is 0 Å². The Bertz CT molecular complexity index is 1180. The van der Waals surface area contributed by atoms with Crippen LogP contribution in [-0.2, 0) is 0 Å². The van der Waals surface area contributed by atoms with Crippen molar-refractivity contribution in [2.45, 2.75) is 0 Å². The summed E-state index contributed by atoms with van der Waals surface area (Å²) in [4.78, 5) is 9.15. The number of fused-ring (bicyclic) bond motifs is 3. The molecule has 0 saturated carbocycles. The van der Waals surface area contributed by atoms with E-state index >= 15 is 0 Å². The molecule has 0 spiro atoms. The van der Waals surface area contributed by atoms with E-state index in [9.17, 15) is 0 Å². The van der Waals surface area contributed by atoms with E-state index < -0.39 is 0 Å². The second-order valence-electron chi connectivity index (χ2n) is 5.95. The Hall–Kier alpha value is -3.46. The van der Waals surface area contributed by atoms with E-state index in [2.05, 4.69) is 62.9 Å². The minimum atomic E-state index is 0.960. The molecule has 5 rings (SSSR count). The Balaban J connectivity index is 1.96. The van der Waals surface area contributed by atoms with Crippen LogP contribution in [0.1, 0.15) is 0 Å². The number of nitrogens with zero attached hydrogens (tertiary/aromatic N) is 3. The van der Waals surface area contributed by atoms with Crippen LogP contribution in [-0.4, -0.2) is 14.4 Å². The lowest BCUT2D eigenvalue weighted by Gasteiger charge is -2.07. The topological polar surface area (TPSA) is 30.2 Å². The summed E-state index contributed by atoms with van der Waals surface area (Å²) >= 11 is 0. The van der Waals surface area contributed by atoms with E-state index in [0.29, 0.717) is 0 Å². The van der Waals surface area contributed by atoms with Gasteiger partial charge in [-0.05, 0) is 42.5 Å². The molecule has 0 radical (unpaired) electrons. The molecule has 0 N–H and O–H groups in total. The van der Waals surface area contributed by atoms with Gasteiger partial charge in [-0.2, -0.15) is 0 Å². The van der Waals surface area contributed by atoms with E-state index in [4.69, 9.17) is 0 Å². The van der Waals surface area contributed by atoms with E-state index in [1.165, 1.54) is 10.9 Å². The van der Waals surface area contributed by atoms with E-state index in [0.717, 1.165) is 28.2 Å². The van der Waals surface area contributed by atoms with Crippen molar-refractivity contribution in [2.75, 3.05) is 0 Å². The average Bonchev–Trinajstić information content (AvgIpc) is 3.04. The Morgan fingerprint density at radius 2 is 1.24 bits per heavy atom. The van der Waals surface area contributed by atoms with E-state index in [1.807, 2.05) is 42.7 Å². The number of benzene rings is 1. The van der Waals surface area contributed by atoms with Crippen molar-refractivity contribution in [1.82, 2.24) is 14.4 Å². The van der Waals surface area contributed by atoms with Crippen molar-refractivity contribution in [3.05, 3.63) is 91.3 Å². The largest absolute Gasteiger partial charge is 0.307 e. The predicted octanol–water partition coefficient (Wildman–Crippen LogP) is 5.22. The van der Waals surface area contributed by atoms with Gasteiger partial charge in [0, 0.05) is 23.3 Å². The molecule has 4 heterocycles. The van der Waals surface area contributed by atoms with Crippen molar-refractivity contribution >= 4 is 16.4 Å². The van der Waals surface area contributed by atoms with Gasteiger partial charge >= 0.3 is 0 Å². The molecule has 0 unspecified atom stereocenters. The first-order valence-electron chi connectivity index (χ1n) is 8.28. The highest BCUT2D eigenvalue weighted by Crippen LogP contribution is 2.36. The van der Waals surface area contributed by atoms with Crippen molar-refractivity contribution in [2.24, 2.45) is 0 Å². The molecule has 0 fully saturated rings. The van der Waals surface area contributed by atoms with Crippen LogP contribution in [0.5, 0.6) is 0 Å². The maximum Gasteiger partial charge on any atom is 0.0870 e. The molecule has 0 aliphatic heterocycles. The van der Waals surface area contributed by atoms with Gasteiger partial charge in [-0.15, -0.1) is 0 Å². The third-order valence-electron chi connectivity index (χ3n) is 4.51. The molecule has 3 nitrogen and oxygen atoms in total. The second-order valence-corrected chi connectivity index (χ2v) is 5.95. The zero-order chi connectivity index (χ0) is 16.6. The molecule has 0 saturated heterocycles. The first kappa shape index (κ1) is 13.9. The number of hydrogen-bond acceptors (Lipinski definition) is 2. The van der Waals surface area contributed by atoms with Gasteiger partial charge in [-0.3, -0.25) is 9.97 Å². The normalized spacial score (nSPS) is 11.2. The van der Waals surface area contributed by atoms with Crippen LogP contribution in [0.4, 0.5) is 0 Å². The summed E-state index contributed by atoms with van der Waals surface area (Å²) < 4.78 is 2.28. The number of para-hydroxylation sites is 1. The summed E-state index contributed by atoms with van der Waals surface area (Å²) in [6.45, 7) is 0. The Kier molecular flexibility index (Phi) is 3.10. The van der Waals surface area contributed by atoms with Gasteiger partial charge < -0.3 is 4.40 Å². The number of hydrogen-bond donors (Lipinski definition) is 0. The summed E-state index contributed by atoms with van der Waals surface area (Å²) in [7, 11) is 0. The third-order valence-corrected chi connectivity index (χ3v) is 4.51. The van der Waals surface area contributed by atoms with Gasteiger partial charge in [-0.25, -0.2) is 0 Å². The third kappa shape index (κ3) is 2.13. The van der Waals surface area contributed by atoms with Crippen LogP contribution in [0.15, 0.2) is 91.3 Å². The fourth-order valence-corrected chi connectivity index (χ4v) is 3.48. The lowest BCUT2D eigenvalue weighted by molar-refractivity contribution is 1.20. The molecule has 25 heavy (non-hydrogen) atoms. The van der Waals surface area contributed by atoms with Crippen molar-refractivity contribution in [1.29, 1.82) is 0 Å². The highest BCUT2D eigenvalue weighted by molar-refractivity contribution is 6.05. The molecule has 0 atom stereocenters. The summed E-state index contributed by atoms with van der Waals surface area (Å²) in [5, 5.41) is 1.20. The highest BCUT2D eigenvalue weighted by atomic mass is 14.9. The number of pyridine rings is 3. The molecule has 5 aromatic rings. The maximum atomic E-state index is 4.59. The van der Waals surface area contributed by atoms with Gasteiger partial charge in [-0.1, -0.05) is 36.4 Å². The zero-order valence-electron chi connectivity index (χ0n) is 13.5. The first-order valence-corrected chi connectivity index (χ1v) is 8.28. The van der Waals surface area contributed by atoms with Crippen LogP contribution in [0.2, 0.25) is 0 Å². The van der Waals surface area contributed by atoms with Crippen molar-refractivity contribution in [3.63, 3.8) is 0 Å². The Morgan fingerprint density at radius 1 is 0.560 bits per heavy atom. The smallest absolute Gasteiger partial charge is 0.0870 e. The quantitative estimate of drug-likeness (QED) is 0.446. The monoisotopic (exact) mass is 321 g/mol. The fraction of sp³-hybridized carbons (Fsp3) is 0. The van der Waals surface area contributed by atoms with Crippen molar-refractivity contribution < 1.29 is 0 Å². The molecule has 0 aliphatic rings. The van der Waals surface area contributed by atoms with Crippen LogP contribution in [0, 0.1) is 0 Å². The second kappa shape index (κ2) is 5.56. The molecule has 1 aromatic carbocycles. The highest BCUT2D eigenvalue weighted by Gasteiger charge is 2.16. The number of aromatic nitrogens is 3. The molecule has 118 valence electrons. The van der Waals surface area contributed by atoms with Gasteiger partial charge in [0.15, 0.2) is 0 Å². The molecular weight excluding hydrogens is 306 g/mol. The Morgan fingerprint density at radius 3 is 2.00 bits per heavy atom. The molecular formula is C22H15N3. The van der Waals surface area contributed by atoms with Gasteiger partial charge in [0.1, 0.15) is 0 Å².